The van der Waals surface area contributed by atoms with Gasteiger partial charge < -0.3 is 18.9 Å². The molecule has 0 radical (unpaired) electrons. The van der Waals surface area contributed by atoms with E-state index in [2.05, 4.69) is 0 Å². The van der Waals surface area contributed by atoms with Gasteiger partial charge in [-0.15, -0.1) is 0 Å². The van der Waals surface area contributed by atoms with E-state index in [-0.39, 0.29) is 61.7 Å². The average Bonchev–Trinajstić information content (AvgIpc) is 2.78. The Morgan fingerprint density at radius 2 is 2.00 bits per heavy atom. The molecule has 7 nitrogen and oxygen atoms in total. The minimum absolute atomic E-state index is 0.0381. The van der Waals surface area contributed by atoms with Crippen molar-refractivity contribution in [1.29, 1.82) is 0 Å². The molecular weight excluding hydrogens is 340 g/mol. The molecule has 2 aliphatic carbocycles. The lowest BCUT2D eigenvalue weighted by Gasteiger charge is -2.41. The van der Waals surface area contributed by atoms with Crippen LogP contribution >= 0.6 is 0 Å². The Morgan fingerprint density at radius 3 is 2.77 bits per heavy atom. The normalized spacial score (nSPS) is 33.3. The minimum Gasteiger partial charge on any atom is -0.463 e. The third-order valence-electron chi connectivity index (χ3n) is 5.81. The second kappa shape index (κ2) is 8.37. The average molecular weight is 368 g/mol. The molecule has 4 bridgehead atoms. The summed E-state index contributed by atoms with van der Waals surface area (Å²) in [6.07, 6.45) is 3.47. The Balaban J connectivity index is 1.39. The van der Waals surface area contributed by atoms with Crippen molar-refractivity contribution in [2.75, 3.05) is 19.8 Å². The van der Waals surface area contributed by atoms with E-state index < -0.39 is 5.97 Å². The van der Waals surface area contributed by atoms with E-state index in [1.807, 2.05) is 6.92 Å². The number of fused-ring (bicyclic) bond motifs is 1. The van der Waals surface area contributed by atoms with Crippen molar-refractivity contribution < 1.29 is 33.3 Å². The molecule has 0 amide bonds. The van der Waals surface area contributed by atoms with Gasteiger partial charge in [-0.25, -0.2) is 4.79 Å². The van der Waals surface area contributed by atoms with Crippen LogP contribution < -0.4 is 0 Å². The number of hydrogen-bond acceptors (Lipinski definition) is 7. The van der Waals surface area contributed by atoms with Crippen LogP contribution in [0.4, 0.5) is 0 Å². The Kier molecular flexibility index (Phi) is 6.16. The van der Waals surface area contributed by atoms with Gasteiger partial charge in [-0.3, -0.25) is 9.59 Å². The van der Waals surface area contributed by atoms with Crippen LogP contribution in [0.15, 0.2) is 0 Å². The van der Waals surface area contributed by atoms with E-state index >= 15 is 0 Å². The van der Waals surface area contributed by atoms with Crippen molar-refractivity contribution >= 4 is 17.9 Å². The first-order valence-corrected chi connectivity index (χ1v) is 9.62. The summed E-state index contributed by atoms with van der Waals surface area (Å²) < 4.78 is 21.4. The van der Waals surface area contributed by atoms with Gasteiger partial charge in [0.05, 0.1) is 18.4 Å². The monoisotopic (exact) mass is 368 g/mol. The van der Waals surface area contributed by atoms with Crippen LogP contribution in [0.3, 0.4) is 0 Å². The Labute approximate surface area is 153 Å². The van der Waals surface area contributed by atoms with Crippen molar-refractivity contribution in [1.82, 2.24) is 0 Å². The molecule has 0 N–H and O–H groups in total. The predicted molar refractivity (Wildman–Crippen MR) is 89.9 cm³/mol. The van der Waals surface area contributed by atoms with Crippen LogP contribution in [-0.4, -0.2) is 49.9 Å². The van der Waals surface area contributed by atoms with Gasteiger partial charge in [0.2, 0.25) is 0 Å². The molecule has 2 saturated carbocycles. The molecule has 26 heavy (non-hydrogen) atoms. The summed E-state index contributed by atoms with van der Waals surface area (Å²) >= 11 is 0. The van der Waals surface area contributed by atoms with E-state index in [9.17, 15) is 14.4 Å². The molecule has 4 fully saturated rings. The molecule has 146 valence electrons. The smallest absolute Gasteiger partial charge is 0.332 e. The van der Waals surface area contributed by atoms with Gasteiger partial charge in [0.25, 0.3) is 0 Å². The molecule has 4 rings (SSSR count). The van der Waals surface area contributed by atoms with Gasteiger partial charge in [-0.05, 0) is 38.0 Å². The van der Waals surface area contributed by atoms with Gasteiger partial charge in [0, 0.05) is 5.92 Å². The number of ether oxygens (including phenoxy) is 4. The molecule has 4 aliphatic rings. The maximum Gasteiger partial charge on any atom is 0.332 e. The third kappa shape index (κ3) is 4.37. The highest BCUT2D eigenvalue weighted by Gasteiger charge is 2.51. The molecule has 6 atom stereocenters. The van der Waals surface area contributed by atoms with Gasteiger partial charge >= 0.3 is 17.9 Å². The van der Waals surface area contributed by atoms with E-state index in [0.717, 1.165) is 32.1 Å². The lowest BCUT2D eigenvalue weighted by Crippen LogP contribution is -2.45. The van der Waals surface area contributed by atoms with Crippen LogP contribution in [0.25, 0.3) is 0 Å². The van der Waals surface area contributed by atoms with Crippen molar-refractivity contribution in [2.24, 2.45) is 23.7 Å². The second-order valence-electron chi connectivity index (χ2n) is 7.73. The van der Waals surface area contributed by atoms with E-state index in [0.29, 0.717) is 5.92 Å². The molecule has 0 spiro atoms. The molecule has 2 saturated heterocycles. The van der Waals surface area contributed by atoms with Crippen molar-refractivity contribution in [3.63, 3.8) is 0 Å². The molecular formula is C19H28O7. The lowest BCUT2D eigenvalue weighted by molar-refractivity contribution is -0.176. The van der Waals surface area contributed by atoms with Gasteiger partial charge in [0.15, 0.2) is 0 Å². The van der Waals surface area contributed by atoms with Crippen molar-refractivity contribution in [3.8, 4) is 0 Å². The van der Waals surface area contributed by atoms with Crippen LogP contribution in [0.1, 0.15) is 46.0 Å². The SMILES string of the molecule is CCC(C)C(=O)OCCOCC(=O)OC1C2CC3CC(C2)C(=O)OC1C3. The largest absolute Gasteiger partial charge is 0.463 e. The number of carbonyl (C=O) groups excluding carboxylic acids is 3. The summed E-state index contributed by atoms with van der Waals surface area (Å²) in [7, 11) is 0. The fraction of sp³-hybridized carbons (Fsp3) is 0.842. The quantitative estimate of drug-likeness (QED) is 0.367. The van der Waals surface area contributed by atoms with Crippen LogP contribution in [0, 0.1) is 23.7 Å². The number of esters is 3. The number of rotatable bonds is 8. The summed E-state index contributed by atoms with van der Waals surface area (Å²) in [5.74, 6) is -0.337. The predicted octanol–water partition coefficient (Wildman–Crippen LogP) is 1.87. The highest BCUT2D eigenvalue weighted by Crippen LogP contribution is 2.48. The molecule has 0 aromatic rings. The first kappa shape index (κ1) is 19.1. The summed E-state index contributed by atoms with van der Waals surface area (Å²) in [5.41, 5.74) is 0. The Hall–Kier alpha value is -1.63. The maximum atomic E-state index is 12.1. The molecule has 2 heterocycles. The maximum absolute atomic E-state index is 12.1. The van der Waals surface area contributed by atoms with Gasteiger partial charge in [-0.1, -0.05) is 13.8 Å². The first-order chi connectivity index (χ1) is 12.5. The summed E-state index contributed by atoms with van der Waals surface area (Å²) in [5, 5.41) is 0. The van der Waals surface area contributed by atoms with Gasteiger partial charge in [-0.2, -0.15) is 0 Å². The van der Waals surface area contributed by atoms with Gasteiger partial charge in [0.1, 0.15) is 25.4 Å². The fourth-order valence-electron chi connectivity index (χ4n) is 4.29. The molecule has 0 aromatic heterocycles. The minimum atomic E-state index is -0.466. The number of hydrogen-bond donors (Lipinski definition) is 0. The Bertz CT molecular complexity index is 546. The van der Waals surface area contributed by atoms with Crippen molar-refractivity contribution in [2.45, 2.75) is 58.2 Å². The van der Waals surface area contributed by atoms with Crippen molar-refractivity contribution in [3.05, 3.63) is 0 Å². The summed E-state index contributed by atoms with van der Waals surface area (Å²) in [6.45, 7) is 3.79. The summed E-state index contributed by atoms with van der Waals surface area (Å²) in [6, 6.07) is 0. The highest BCUT2D eigenvalue weighted by atomic mass is 16.6. The fourth-order valence-corrected chi connectivity index (χ4v) is 4.29. The van der Waals surface area contributed by atoms with Crippen LogP contribution in [-0.2, 0) is 33.3 Å². The summed E-state index contributed by atoms with van der Waals surface area (Å²) in [4.78, 5) is 35.6. The zero-order chi connectivity index (χ0) is 18.7. The Morgan fingerprint density at radius 1 is 1.19 bits per heavy atom. The molecule has 2 aliphatic heterocycles. The highest BCUT2D eigenvalue weighted by molar-refractivity contribution is 5.74. The molecule has 0 aromatic carbocycles. The van der Waals surface area contributed by atoms with Crippen LogP contribution in [0.5, 0.6) is 0 Å². The second-order valence-corrected chi connectivity index (χ2v) is 7.73. The van der Waals surface area contributed by atoms with E-state index in [1.54, 1.807) is 6.92 Å². The third-order valence-corrected chi connectivity index (χ3v) is 5.81. The topological polar surface area (TPSA) is 88.1 Å². The van der Waals surface area contributed by atoms with E-state index in [1.165, 1.54) is 0 Å². The lowest BCUT2D eigenvalue weighted by atomic mass is 9.67. The van der Waals surface area contributed by atoms with Crippen LogP contribution in [0.2, 0.25) is 0 Å². The molecule has 6 unspecified atom stereocenters. The standard InChI is InChI=1S/C19H28O7/c1-3-11(2)18(21)24-5-4-23-10-16(20)26-17-13-6-12-7-14(9-13)19(22)25-15(17)8-12/h11-15,17H,3-10H2,1-2H3. The zero-order valence-electron chi connectivity index (χ0n) is 15.5. The molecule has 7 heteroatoms. The zero-order valence-corrected chi connectivity index (χ0v) is 15.5. The number of carbonyl (C=O) groups is 3. The van der Waals surface area contributed by atoms with E-state index in [4.69, 9.17) is 18.9 Å². The first-order valence-electron chi connectivity index (χ1n) is 9.62.